The van der Waals surface area contributed by atoms with Crippen LogP contribution in [0.4, 0.5) is 5.69 Å². The molecule has 0 aromatic heterocycles. The second-order valence-electron chi connectivity index (χ2n) is 7.14. The highest BCUT2D eigenvalue weighted by atomic mass is 79.9. The minimum absolute atomic E-state index is 0.0258. The van der Waals surface area contributed by atoms with E-state index in [0.717, 1.165) is 10.0 Å². The minimum Gasteiger partial charge on any atom is -0.490 e. The van der Waals surface area contributed by atoms with Crippen LogP contribution in [0.1, 0.15) is 25.0 Å². The van der Waals surface area contributed by atoms with Gasteiger partial charge in [-0.05, 0) is 79.6 Å². The monoisotopic (exact) mass is 520 g/mol. The number of nitrogens with one attached hydrogen (secondary N) is 1. The minimum atomic E-state index is -0.502. The van der Waals surface area contributed by atoms with E-state index in [1.165, 1.54) is 6.08 Å². The highest BCUT2D eigenvalue weighted by molar-refractivity contribution is 9.10. The lowest BCUT2D eigenvalue weighted by Crippen LogP contribution is -2.13. The van der Waals surface area contributed by atoms with Gasteiger partial charge in [0.2, 0.25) is 0 Å². The molecule has 0 heterocycles. The third-order valence-electron chi connectivity index (χ3n) is 4.67. The molecule has 6 nitrogen and oxygen atoms in total. The van der Waals surface area contributed by atoms with Crippen molar-refractivity contribution in [3.8, 4) is 23.3 Å². The Balaban J connectivity index is 1.65. The topological polar surface area (TPSA) is 80.6 Å². The van der Waals surface area contributed by atoms with E-state index in [9.17, 15) is 10.1 Å². The number of hydrogen-bond donors (Lipinski definition) is 1. The molecular weight excluding hydrogens is 496 g/mol. The molecule has 0 aliphatic heterocycles. The van der Waals surface area contributed by atoms with Crippen LogP contribution in [0.3, 0.4) is 0 Å². The standard InChI is InChI=1S/C27H25BrN2O4/c1-3-32-25-14-7-20(16-26(25)33-4-2)15-21(17-29)27(31)30-23-10-12-24(13-11-23)34-18-19-5-8-22(28)9-6-19/h5-16H,3-4,18H2,1-2H3,(H,30,31)/b21-15+. The number of benzene rings is 3. The van der Waals surface area contributed by atoms with E-state index in [4.69, 9.17) is 14.2 Å². The predicted octanol–water partition coefficient (Wildman–Crippen LogP) is 6.37. The lowest BCUT2D eigenvalue weighted by molar-refractivity contribution is -0.112. The number of amides is 1. The summed E-state index contributed by atoms with van der Waals surface area (Å²) in [6.45, 7) is 5.19. The second-order valence-corrected chi connectivity index (χ2v) is 8.05. The fraction of sp³-hybridized carbons (Fsp3) is 0.185. The molecule has 1 N–H and O–H groups in total. The summed E-state index contributed by atoms with van der Waals surface area (Å²) in [5, 5.41) is 12.3. The Morgan fingerprint density at radius 1 is 0.941 bits per heavy atom. The van der Waals surface area contributed by atoms with E-state index in [0.29, 0.717) is 48.3 Å². The van der Waals surface area contributed by atoms with Gasteiger partial charge in [-0.2, -0.15) is 5.26 Å². The number of nitriles is 1. The number of ether oxygens (including phenoxy) is 3. The van der Waals surface area contributed by atoms with Crippen molar-refractivity contribution in [2.75, 3.05) is 18.5 Å². The Labute approximate surface area is 207 Å². The summed E-state index contributed by atoms with van der Waals surface area (Å²) >= 11 is 3.41. The fourth-order valence-corrected chi connectivity index (χ4v) is 3.32. The van der Waals surface area contributed by atoms with E-state index < -0.39 is 5.91 Å². The van der Waals surface area contributed by atoms with Crippen LogP contribution < -0.4 is 19.5 Å². The first kappa shape index (κ1) is 24.9. The molecule has 0 radical (unpaired) electrons. The van der Waals surface area contributed by atoms with Crippen molar-refractivity contribution in [3.05, 3.63) is 87.9 Å². The van der Waals surface area contributed by atoms with Gasteiger partial charge in [-0.25, -0.2) is 0 Å². The number of rotatable bonds is 10. The van der Waals surface area contributed by atoms with Crippen LogP contribution >= 0.6 is 15.9 Å². The van der Waals surface area contributed by atoms with Gasteiger partial charge >= 0.3 is 0 Å². The number of halogens is 1. The molecule has 0 atom stereocenters. The lowest BCUT2D eigenvalue weighted by atomic mass is 10.1. The van der Waals surface area contributed by atoms with Gasteiger partial charge < -0.3 is 19.5 Å². The molecule has 0 fully saturated rings. The Kier molecular flexibility index (Phi) is 9.12. The normalized spacial score (nSPS) is 10.8. The summed E-state index contributed by atoms with van der Waals surface area (Å²) in [6, 6.07) is 22.1. The quantitative estimate of drug-likeness (QED) is 0.248. The van der Waals surface area contributed by atoms with Crippen molar-refractivity contribution < 1.29 is 19.0 Å². The second kappa shape index (κ2) is 12.5. The number of carbonyl (C=O) groups excluding carboxylic acids is 1. The zero-order valence-corrected chi connectivity index (χ0v) is 20.6. The molecule has 0 aliphatic rings. The molecule has 0 saturated carbocycles. The number of nitrogens with zero attached hydrogens (tertiary/aromatic N) is 1. The Morgan fingerprint density at radius 3 is 2.26 bits per heavy atom. The largest absolute Gasteiger partial charge is 0.490 e. The molecule has 3 aromatic rings. The summed E-state index contributed by atoms with van der Waals surface area (Å²) < 4.78 is 18.0. The van der Waals surface area contributed by atoms with Gasteiger partial charge in [0.15, 0.2) is 11.5 Å². The Hall–Kier alpha value is -3.76. The molecule has 174 valence electrons. The van der Waals surface area contributed by atoms with Gasteiger partial charge in [-0.15, -0.1) is 0 Å². The summed E-state index contributed by atoms with van der Waals surface area (Å²) in [7, 11) is 0. The van der Waals surface area contributed by atoms with Gasteiger partial charge in [0, 0.05) is 10.2 Å². The average Bonchev–Trinajstić information content (AvgIpc) is 2.84. The number of carbonyl (C=O) groups is 1. The van der Waals surface area contributed by atoms with Crippen molar-refractivity contribution in [3.63, 3.8) is 0 Å². The SMILES string of the molecule is CCOc1ccc(/C=C(\C#N)C(=O)Nc2ccc(OCc3ccc(Br)cc3)cc2)cc1OCC. The average molecular weight is 521 g/mol. The summed E-state index contributed by atoms with van der Waals surface area (Å²) in [5.74, 6) is 1.36. The predicted molar refractivity (Wildman–Crippen MR) is 136 cm³/mol. The molecular formula is C27H25BrN2O4. The van der Waals surface area contributed by atoms with E-state index in [1.54, 1.807) is 42.5 Å². The maximum Gasteiger partial charge on any atom is 0.266 e. The van der Waals surface area contributed by atoms with Crippen LogP contribution in [-0.4, -0.2) is 19.1 Å². The van der Waals surface area contributed by atoms with Crippen LogP contribution in [0.2, 0.25) is 0 Å². The van der Waals surface area contributed by atoms with Gasteiger partial charge in [-0.1, -0.05) is 34.1 Å². The number of hydrogen-bond acceptors (Lipinski definition) is 5. The molecule has 0 saturated heterocycles. The van der Waals surface area contributed by atoms with Crippen LogP contribution in [-0.2, 0) is 11.4 Å². The Bertz CT molecular complexity index is 1180. The van der Waals surface area contributed by atoms with Crippen molar-refractivity contribution >= 4 is 33.6 Å². The first-order valence-corrected chi connectivity index (χ1v) is 11.6. The first-order chi connectivity index (χ1) is 16.5. The molecule has 0 spiro atoms. The Morgan fingerprint density at radius 2 is 1.62 bits per heavy atom. The third kappa shape index (κ3) is 7.12. The molecule has 1 amide bonds. The molecule has 34 heavy (non-hydrogen) atoms. The van der Waals surface area contributed by atoms with Gasteiger partial charge in [0.25, 0.3) is 5.91 Å². The summed E-state index contributed by atoms with van der Waals surface area (Å²) in [6.07, 6.45) is 1.52. The molecule has 7 heteroatoms. The van der Waals surface area contributed by atoms with Crippen molar-refractivity contribution in [1.29, 1.82) is 5.26 Å². The first-order valence-electron chi connectivity index (χ1n) is 10.8. The molecule has 0 aliphatic carbocycles. The van der Waals surface area contributed by atoms with Gasteiger partial charge in [-0.3, -0.25) is 4.79 Å². The zero-order valence-electron chi connectivity index (χ0n) is 19.0. The van der Waals surface area contributed by atoms with E-state index >= 15 is 0 Å². The highest BCUT2D eigenvalue weighted by Crippen LogP contribution is 2.29. The van der Waals surface area contributed by atoms with Crippen LogP contribution in [0.5, 0.6) is 17.2 Å². The molecule has 3 aromatic carbocycles. The molecule has 3 rings (SSSR count). The van der Waals surface area contributed by atoms with Crippen molar-refractivity contribution in [2.24, 2.45) is 0 Å². The van der Waals surface area contributed by atoms with Crippen LogP contribution in [0.15, 0.2) is 76.8 Å². The summed E-state index contributed by atoms with van der Waals surface area (Å²) in [5.41, 5.74) is 2.24. The highest BCUT2D eigenvalue weighted by Gasteiger charge is 2.12. The van der Waals surface area contributed by atoms with E-state index in [1.807, 2.05) is 44.2 Å². The van der Waals surface area contributed by atoms with Crippen molar-refractivity contribution in [2.45, 2.75) is 20.5 Å². The fourth-order valence-electron chi connectivity index (χ4n) is 3.05. The zero-order chi connectivity index (χ0) is 24.3. The van der Waals surface area contributed by atoms with Crippen LogP contribution in [0.25, 0.3) is 6.08 Å². The van der Waals surface area contributed by atoms with E-state index in [2.05, 4.69) is 21.2 Å². The van der Waals surface area contributed by atoms with Crippen molar-refractivity contribution in [1.82, 2.24) is 0 Å². The maximum absolute atomic E-state index is 12.7. The van der Waals surface area contributed by atoms with E-state index in [-0.39, 0.29) is 5.57 Å². The lowest BCUT2D eigenvalue weighted by Gasteiger charge is -2.11. The maximum atomic E-state index is 12.7. The van der Waals surface area contributed by atoms with Gasteiger partial charge in [0.05, 0.1) is 13.2 Å². The molecule has 0 unspecified atom stereocenters. The number of anilines is 1. The smallest absolute Gasteiger partial charge is 0.266 e. The molecule has 0 bridgehead atoms. The third-order valence-corrected chi connectivity index (χ3v) is 5.20. The van der Waals surface area contributed by atoms with Crippen LogP contribution in [0, 0.1) is 11.3 Å². The van der Waals surface area contributed by atoms with Gasteiger partial charge in [0.1, 0.15) is 24.0 Å². The summed E-state index contributed by atoms with van der Waals surface area (Å²) in [4.78, 5) is 12.7.